The molecule has 0 spiro atoms. The minimum absolute atomic E-state index is 0.0270. The first-order valence-electron chi connectivity index (χ1n) is 6.61. The Labute approximate surface area is 103 Å². The summed E-state index contributed by atoms with van der Waals surface area (Å²) in [6.45, 7) is 1.83. The Bertz CT molecular complexity index is 386. The van der Waals surface area contributed by atoms with E-state index in [-0.39, 0.29) is 12.1 Å². The van der Waals surface area contributed by atoms with Crippen LogP contribution in [0.4, 0.5) is 0 Å². The van der Waals surface area contributed by atoms with E-state index in [9.17, 15) is 8.42 Å². The molecular formula is C11H21N3O2S. The van der Waals surface area contributed by atoms with Gasteiger partial charge < -0.3 is 5.73 Å². The van der Waals surface area contributed by atoms with Crippen molar-refractivity contribution in [1.82, 2.24) is 8.61 Å². The van der Waals surface area contributed by atoms with Crippen LogP contribution in [0.3, 0.4) is 0 Å². The van der Waals surface area contributed by atoms with E-state index >= 15 is 0 Å². The first-order chi connectivity index (χ1) is 8.13. The third-order valence-electron chi connectivity index (χ3n) is 4.55. The molecule has 3 aliphatic rings. The van der Waals surface area contributed by atoms with Crippen molar-refractivity contribution in [1.29, 1.82) is 0 Å². The van der Waals surface area contributed by atoms with Gasteiger partial charge >= 0.3 is 0 Å². The molecule has 0 aromatic carbocycles. The van der Waals surface area contributed by atoms with Crippen molar-refractivity contribution in [3.8, 4) is 0 Å². The average molecular weight is 259 g/mol. The summed E-state index contributed by atoms with van der Waals surface area (Å²) >= 11 is 0. The van der Waals surface area contributed by atoms with Crippen LogP contribution in [0.1, 0.15) is 32.1 Å². The Kier molecular flexibility index (Phi) is 2.93. The Morgan fingerprint density at radius 2 is 2.00 bits per heavy atom. The molecule has 2 bridgehead atoms. The van der Waals surface area contributed by atoms with Gasteiger partial charge in [-0.25, -0.2) is 0 Å². The summed E-state index contributed by atoms with van der Waals surface area (Å²) in [5.74, 6) is 0.605. The van der Waals surface area contributed by atoms with Gasteiger partial charge in [0, 0.05) is 31.7 Å². The Hall–Kier alpha value is -0.170. The molecule has 0 aromatic heterocycles. The maximum Gasteiger partial charge on any atom is 0.282 e. The second kappa shape index (κ2) is 4.19. The molecule has 98 valence electrons. The molecule has 1 saturated carbocycles. The molecular weight excluding hydrogens is 238 g/mol. The molecule has 3 atom stereocenters. The highest BCUT2D eigenvalue weighted by Gasteiger charge is 2.47. The number of nitrogens with two attached hydrogens (primary N) is 1. The predicted molar refractivity (Wildman–Crippen MR) is 65.5 cm³/mol. The van der Waals surface area contributed by atoms with E-state index in [1.165, 1.54) is 6.42 Å². The summed E-state index contributed by atoms with van der Waals surface area (Å²) < 4.78 is 28.6. The van der Waals surface area contributed by atoms with Crippen molar-refractivity contribution in [2.45, 2.75) is 44.2 Å². The lowest BCUT2D eigenvalue weighted by Crippen LogP contribution is -2.50. The highest BCUT2D eigenvalue weighted by Crippen LogP contribution is 2.40. The van der Waals surface area contributed by atoms with Gasteiger partial charge in [0.25, 0.3) is 10.2 Å². The number of hydrogen-bond acceptors (Lipinski definition) is 3. The normalized spacial score (nSPS) is 39.2. The van der Waals surface area contributed by atoms with Crippen molar-refractivity contribution in [3.63, 3.8) is 0 Å². The number of hydrogen-bond donors (Lipinski definition) is 1. The molecule has 0 radical (unpaired) electrons. The summed E-state index contributed by atoms with van der Waals surface area (Å²) in [5.41, 5.74) is 5.67. The van der Waals surface area contributed by atoms with Crippen LogP contribution in [-0.2, 0) is 10.2 Å². The van der Waals surface area contributed by atoms with Crippen molar-refractivity contribution in [2.75, 3.05) is 19.6 Å². The van der Waals surface area contributed by atoms with Gasteiger partial charge in [-0.05, 0) is 38.0 Å². The Morgan fingerprint density at radius 1 is 1.18 bits per heavy atom. The van der Waals surface area contributed by atoms with Crippen molar-refractivity contribution in [3.05, 3.63) is 0 Å². The summed E-state index contributed by atoms with van der Waals surface area (Å²) in [6.07, 6.45) is 5.18. The largest absolute Gasteiger partial charge is 0.329 e. The number of piperidine rings is 1. The zero-order valence-electron chi connectivity index (χ0n) is 10.1. The van der Waals surface area contributed by atoms with Crippen LogP contribution in [0.2, 0.25) is 0 Å². The van der Waals surface area contributed by atoms with E-state index in [4.69, 9.17) is 5.73 Å². The fourth-order valence-electron chi connectivity index (χ4n) is 3.65. The number of rotatable bonds is 3. The molecule has 2 aliphatic heterocycles. The minimum Gasteiger partial charge on any atom is -0.329 e. The van der Waals surface area contributed by atoms with E-state index in [2.05, 4.69) is 0 Å². The second-order valence-corrected chi connectivity index (χ2v) is 7.39. The lowest BCUT2D eigenvalue weighted by Gasteiger charge is -2.32. The molecule has 5 nitrogen and oxygen atoms in total. The first-order valence-corrected chi connectivity index (χ1v) is 8.01. The van der Waals surface area contributed by atoms with Gasteiger partial charge in [0.2, 0.25) is 0 Å². The predicted octanol–water partition coefficient (Wildman–Crippen LogP) is 0.139. The van der Waals surface area contributed by atoms with Gasteiger partial charge in [-0.3, -0.25) is 0 Å². The molecule has 2 heterocycles. The molecule has 3 unspecified atom stereocenters. The third-order valence-corrected chi connectivity index (χ3v) is 6.66. The number of nitrogens with zero attached hydrogens (tertiary/aromatic N) is 2. The first kappa shape index (κ1) is 11.9. The van der Waals surface area contributed by atoms with E-state index < -0.39 is 10.2 Å². The van der Waals surface area contributed by atoms with Crippen LogP contribution in [0.25, 0.3) is 0 Å². The van der Waals surface area contributed by atoms with Crippen LogP contribution in [0, 0.1) is 5.92 Å². The second-order valence-electron chi connectivity index (χ2n) is 5.55. The molecule has 0 aromatic rings. The van der Waals surface area contributed by atoms with Crippen LogP contribution in [0.5, 0.6) is 0 Å². The molecule has 6 heteroatoms. The quantitative estimate of drug-likeness (QED) is 0.784. The topological polar surface area (TPSA) is 66.6 Å². The van der Waals surface area contributed by atoms with Crippen molar-refractivity contribution in [2.24, 2.45) is 11.7 Å². The smallest absolute Gasteiger partial charge is 0.282 e. The zero-order valence-corrected chi connectivity index (χ0v) is 10.9. The molecule has 1 aliphatic carbocycles. The standard InChI is InChI=1S/C11H21N3O2S/c12-7-11-2-1-5-13(11)17(15,16)14-8-9-3-4-10(14)6-9/h9-11H,1-8,12H2. The Morgan fingerprint density at radius 3 is 2.59 bits per heavy atom. The summed E-state index contributed by atoms with van der Waals surface area (Å²) in [5, 5.41) is 0. The van der Waals surface area contributed by atoms with Gasteiger partial charge in [0.15, 0.2) is 0 Å². The monoisotopic (exact) mass is 259 g/mol. The summed E-state index contributed by atoms with van der Waals surface area (Å²) in [7, 11) is -3.24. The molecule has 3 fully saturated rings. The van der Waals surface area contributed by atoms with E-state index in [0.29, 0.717) is 19.0 Å². The molecule has 2 saturated heterocycles. The van der Waals surface area contributed by atoms with Crippen LogP contribution in [0.15, 0.2) is 0 Å². The molecule has 17 heavy (non-hydrogen) atoms. The van der Waals surface area contributed by atoms with Gasteiger partial charge in [-0.1, -0.05) is 0 Å². The average Bonchev–Trinajstić information content (AvgIpc) is 3.04. The Balaban J connectivity index is 1.81. The summed E-state index contributed by atoms with van der Waals surface area (Å²) in [4.78, 5) is 0. The fraction of sp³-hybridized carbons (Fsp3) is 1.00. The van der Waals surface area contributed by atoms with E-state index in [1.807, 2.05) is 0 Å². The minimum atomic E-state index is -3.24. The maximum absolute atomic E-state index is 12.6. The third kappa shape index (κ3) is 1.82. The van der Waals surface area contributed by atoms with Crippen LogP contribution < -0.4 is 5.73 Å². The maximum atomic E-state index is 12.6. The highest BCUT2D eigenvalue weighted by atomic mass is 32.2. The van der Waals surface area contributed by atoms with Crippen LogP contribution in [-0.4, -0.2) is 48.7 Å². The molecule has 3 rings (SSSR count). The van der Waals surface area contributed by atoms with Gasteiger partial charge in [0.05, 0.1) is 0 Å². The van der Waals surface area contributed by atoms with Crippen LogP contribution >= 0.6 is 0 Å². The zero-order chi connectivity index (χ0) is 12.0. The highest BCUT2D eigenvalue weighted by molar-refractivity contribution is 7.86. The number of fused-ring (bicyclic) bond motifs is 2. The SMILES string of the molecule is NCC1CCCN1S(=O)(=O)N1CC2CCC1C2. The van der Waals surface area contributed by atoms with E-state index in [0.717, 1.165) is 32.2 Å². The van der Waals surface area contributed by atoms with Gasteiger partial charge in [-0.2, -0.15) is 17.0 Å². The van der Waals surface area contributed by atoms with Crippen molar-refractivity contribution >= 4 is 10.2 Å². The van der Waals surface area contributed by atoms with E-state index in [1.54, 1.807) is 8.61 Å². The van der Waals surface area contributed by atoms with Gasteiger partial charge in [-0.15, -0.1) is 0 Å². The summed E-state index contributed by atoms with van der Waals surface area (Å²) in [6, 6.07) is 0.295. The molecule has 0 amide bonds. The van der Waals surface area contributed by atoms with Crippen molar-refractivity contribution < 1.29 is 8.42 Å². The molecule has 2 N–H and O–H groups in total. The fourth-order valence-corrected chi connectivity index (χ4v) is 5.81. The van der Waals surface area contributed by atoms with Gasteiger partial charge in [0.1, 0.15) is 0 Å². The lowest BCUT2D eigenvalue weighted by molar-refractivity contribution is 0.287. The lowest BCUT2D eigenvalue weighted by atomic mass is 10.1.